The number of carbonyl (C=O) groups excluding carboxylic acids is 1. The Labute approximate surface area is 102 Å². The Hall–Kier alpha value is -1.66. The van der Waals surface area contributed by atoms with Gasteiger partial charge in [-0.15, -0.1) is 0 Å². The minimum Gasteiger partial charge on any atom is -0.271 e. The topological polar surface area (TPSA) is 72.7 Å². The van der Waals surface area contributed by atoms with Gasteiger partial charge in [0, 0.05) is 11.1 Å². The van der Waals surface area contributed by atoms with Gasteiger partial charge < -0.3 is 0 Å². The zero-order valence-corrected chi connectivity index (χ0v) is 9.51. The number of amides is 1. The molecule has 0 spiro atoms. The standard InChI is InChI=1S/C10H9ClN2O4/c11-7-2-3-9(13(15)16)8(6-7)10(14)12-4-1-5-17-12/h2-3,6H,1,4-5H2. The van der Waals surface area contributed by atoms with E-state index in [2.05, 4.69) is 0 Å². The number of halogens is 1. The average molecular weight is 257 g/mol. The molecule has 0 aliphatic carbocycles. The van der Waals surface area contributed by atoms with Crippen molar-refractivity contribution in [1.29, 1.82) is 0 Å². The third-order valence-electron chi connectivity index (χ3n) is 2.36. The van der Waals surface area contributed by atoms with Gasteiger partial charge >= 0.3 is 0 Å². The normalized spacial score (nSPS) is 15.0. The monoisotopic (exact) mass is 256 g/mol. The Morgan fingerprint density at radius 3 is 2.88 bits per heavy atom. The van der Waals surface area contributed by atoms with Crippen LogP contribution in [0.25, 0.3) is 0 Å². The lowest BCUT2D eigenvalue weighted by atomic mass is 10.1. The number of hydroxylamine groups is 2. The highest BCUT2D eigenvalue weighted by Crippen LogP contribution is 2.25. The predicted octanol–water partition coefficient (Wildman–Crippen LogP) is 2.03. The molecule has 0 unspecified atom stereocenters. The minimum atomic E-state index is -0.611. The van der Waals surface area contributed by atoms with Gasteiger partial charge in [-0.3, -0.25) is 19.7 Å². The number of nitro groups is 1. The van der Waals surface area contributed by atoms with Gasteiger partial charge in [0.2, 0.25) is 0 Å². The van der Waals surface area contributed by atoms with E-state index in [0.717, 1.165) is 11.5 Å². The summed E-state index contributed by atoms with van der Waals surface area (Å²) in [6, 6.07) is 3.87. The van der Waals surface area contributed by atoms with Crippen LogP contribution in [0.15, 0.2) is 18.2 Å². The average Bonchev–Trinajstić information content (AvgIpc) is 2.80. The van der Waals surface area contributed by atoms with Crippen molar-refractivity contribution in [2.24, 2.45) is 0 Å². The van der Waals surface area contributed by atoms with Crippen LogP contribution in [-0.2, 0) is 4.84 Å². The molecule has 1 aliphatic rings. The van der Waals surface area contributed by atoms with Crippen LogP contribution in [0.1, 0.15) is 16.8 Å². The second-order valence-electron chi connectivity index (χ2n) is 3.51. The first-order chi connectivity index (χ1) is 8.09. The molecule has 0 aromatic heterocycles. The Balaban J connectivity index is 2.38. The second-order valence-corrected chi connectivity index (χ2v) is 3.95. The van der Waals surface area contributed by atoms with Gasteiger partial charge in [0.15, 0.2) is 0 Å². The van der Waals surface area contributed by atoms with Crippen molar-refractivity contribution in [2.75, 3.05) is 13.2 Å². The van der Waals surface area contributed by atoms with E-state index in [1.807, 2.05) is 0 Å². The van der Waals surface area contributed by atoms with Crippen LogP contribution >= 0.6 is 11.6 Å². The van der Waals surface area contributed by atoms with E-state index in [4.69, 9.17) is 16.4 Å². The summed E-state index contributed by atoms with van der Waals surface area (Å²) in [4.78, 5) is 27.2. The highest BCUT2D eigenvalue weighted by atomic mass is 35.5. The summed E-state index contributed by atoms with van der Waals surface area (Å²) < 4.78 is 0. The molecular weight excluding hydrogens is 248 g/mol. The van der Waals surface area contributed by atoms with E-state index >= 15 is 0 Å². The maximum absolute atomic E-state index is 12.0. The largest absolute Gasteiger partial charge is 0.284 e. The SMILES string of the molecule is O=C(c1cc(Cl)ccc1[N+](=O)[O-])N1CCCO1. The maximum atomic E-state index is 12.0. The van der Waals surface area contributed by atoms with Gasteiger partial charge in [-0.2, -0.15) is 0 Å². The van der Waals surface area contributed by atoms with Crippen LogP contribution in [0.3, 0.4) is 0 Å². The van der Waals surface area contributed by atoms with E-state index in [0.29, 0.717) is 13.2 Å². The van der Waals surface area contributed by atoms with Crippen molar-refractivity contribution in [3.63, 3.8) is 0 Å². The molecule has 1 amide bonds. The summed E-state index contributed by atoms with van der Waals surface area (Å²) in [5, 5.41) is 12.2. The summed E-state index contributed by atoms with van der Waals surface area (Å²) in [5.74, 6) is -0.531. The van der Waals surface area contributed by atoms with Gasteiger partial charge in [0.1, 0.15) is 5.56 Å². The number of nitrogens with zero attached hydrogens (tertiary/aromatic N) is 2. The molecule has 90 valence electrons. The van der Waals surface area contributed by atoms with Crippen LogP contribution in [-0.4, -0.2) is 29.0 Å². The molecule has 1 saturated heterocycles. The number of carbonyl (C=O) groups is 1. The van der Waals surface area contributed by atoms with Gasteiger partial charge in [0.05, 0.1) is 18.1 Å². The molecule has 1 aromatic rings. The van der Waals surface area contributed by atoms with E-state index < -0.39 is 10.8 Å². The molecule has 0 N–H and O–H groups in total. The van der Waals surface area contributed by atoms with Crippen molar-refractivity contribution >= 4 is 23.2 Å². The van der Waals surface area contributed by atoms with E-state index in [1.54, 1.807) is 0 Å². The fraction of sp³-hybridized carbons (Fsp3) is 0.300. The second kappa shape index (κ2) is 4.68. The van der Waals surface area contributed by atoms with Crippen molar-refractivity contribution in [3.8, 4) is 0 Å². The summed E-state index contributed by atoms with van der Waals surface area (Å²) in [6.07, 6.45) is 0.722. The first-order valence-corrected chi connectivity index (χ1v) is 5.36. The first kappa shape index (κ1) is 11.8. The van der Waals surface area contributed by atoms with Gasteiger partial charge in [0.25, 0.3) is 11.6 Å². The minimum absolute atomic E-state index is 0.0515. The summed E-state index contributed by atoms with van der Waals surface area (Å²) >= 11 is 5.74. The lowest BCUT2D eigenvalue weighted by Crippen LogP contribution is -2.27. The molecule has 17 heavy (non-hydrogen) atoms. The smallest absolute Gasteiger partial charge is 0.271 e. The van der Waals surface area contributed by atoms with Crippen LogP contribution in [0.5, 0.6) is 0 Å². The summed E-state index contributed by atoms with van der Waals surface area (Å²) in [5.41, 5.74) is -0.320. The lowest BCUT2D eigenvalue weighted by Gasteiger charge is -2.13. The van der Waals surface area contributed by atoms with Crippen molar-refractivity contribution < 1.29 is 14.6 Å². The van der Waals surface area contributed by atoms with Crippen molar-refractivity contribution in [3.05, 3.63) is 38.9 Å². The molecule has 0 saturated carbocycles. The number of hydrogen-bond acceptors (Lipinski definition) is 4. The first-order valence-electron chi connectivity index (χ1n) is 4.98. The maximum Gasteiger partial charge on any atom is 0.284 e. The Morgan fingerprint density at radius 2 is 2.29 bits per heavy atom. The Morgan fingerprint density at radius 1 is 1.53 bits per heavy atom. The zero-order valence-electron chi connectivity index (χ0n) is 8.76. The van der Waals surface area contributed by atoms with Crippen LogP contribution < -0.4 is 0 Å². The fourth-order valence-electron chi connectivity index (χ4n) is 1.58. The molecule has 1 heterocycles. The van der Waals surface area contributed by atoms with Crippen LogP contribution in [0.2, 0.25) is 5.02 Å². The van der Waals surface area contributed by atoms with E-state index in [9.17, 15) is 14.9 Å². The quantitative estimate of drug-likeness (QED) is 0.599. The van der Waals surface area contributed by atoms with Gasteiger partial charge in [-0.05, 0) is 18.6 Å². The summed E-state index contributed by atoms with van der Waals surface area (Å²) in [6.45, 7) is 0.878. The Bertz CT molecular complexity index is 471. The van der Waals surface area contributed by atoms with Crippen LogP contribution in [0, 0.1) is 10.1 Å². The number of hydrogen-bond donors (Lipinski definition) is 0. The lowest BCUT2D eigenvalue weighted by molar-refractivity contribution is -0.385. The molecule has 2 rings (SSSR count). The van der Waals surface area contributed by atoms with E-state index in [1.165, 1.54) is 18.2 Å². The third kappa shape index (κ3) is 2.37. The molecular formula is C10H9ClN2O4. The molecule has 0 radical (unpaired) electrons. The highest BCUT2D eigenvalue weighted by molar-refractivity contribution is 6.31. The van der Waals surface area contributed by atoms with Crippen molar-refractivity contribution in [2.45, 2.75) is 6.42 Å². The van der Waals surface area contributed by atoms with Gasteiger partial charge in [-0.25, -0.2) is 5.06 Å². The molecule has 1 aliphatic heterocycles. The third-order valence-corrected chi connectivity index (χ3v) is 2.60. The molecule has 0 bridgehead atoms. The number of benzene rings is 1. The molecule has 1 aromatic carbocycles. The number of nitro benzene ring substituents is 1. The molecule has 7 heteroatoms. The molecule has 0 atom stereocenters. The predicted molar refractivity (Wildman–Crippen MR) is 59.7 cm³/mol. The number of rotatable bonds is 2. The molecule has 6 nitrogen and oxygen atoms in total. The van der Waals surface area contributed by atoms with Crippen LogP contribution in [0.4, 0.5) is 5.69 Å². The van der Waals surface area contributed by atoms with Crippen molar-refractivity contribution in [1.82, 2.24) is 5.06 Å². The molecule has 1 fully saturated rings. The Kier molecular flexibility index (Phi) is 3.26. The zero-order chi connectivity index (χ0) is 12.4. The fourth-order valence-corrected chi connectivity index (χ4v) is 1.75. The highest BCUT2D eigenvalue weighted by Gasteiger charge is 2.27. The van der Waals surface area contributed by atoms with E-state index in [-0.39, 0.29) is 16.3 Å². The summed E-state index contributed by atoms with van der Waals surface area (Å²) in [7, 11) is 0. The van der Waals surface area contributed by atoms with Gasteiger partial charge in [-0.1, -0.05) is 11.6 Å².